The van der Waals surface area contributed by atoms with Crippen LogP contribution in [0.3, 0.4) is 0 Å². The fourth-order valence-electron chi connectivity index (χ4n) is 1.65. The van der Waals surface area contributed by atoms with Crippen LogP contribution < -0.4 is 5.73 Å². The second-order valence-corrected chi connectivity index (χ2v) is 2.98. The molecular weight excluding hydrogens is 140 g/mol. The lowest BCUT2D eigenvalue weighted by atomic mass is 9.90. The van der Waals surface area contributed by atoms with Crippen LogP contribution in [-0.2, 0) is 6.42 Å². The van der Waals surface area contributed by atoms with Crippen molar-refractivity contribution < 1.29 is 0 Å². The molecule has 0 spiro atoms. The Morgan fingerprint density at radius 3 is 3.27 bits per heavy atom. The highest BCUT2D eigenvalue weighted by atomic mass is 15.3. The van der Waals surface area contributed by atoms with Gasteiger partial charge in [-0.25, -0.2) is 0 Å². The average Bonchev–Trinajstić information content (AvgIpc) is 2.50. The molecular formula is C7H12N4. The van der Waals surface area contributed by atoms with E-state index in [0.717, 1.165) is 24.2 Å². The summed E-state index contributed by atoms with van der Waals surface area (Å²) in [4.78, 5) is 0. The van der Waals surface area contributed by atoms with Crippen LogP contribution in [0, 0.1) is 0 Å². The fourth-order valence-corrected chi connectivity index (χ4v) is 1.65. The molecule has 1 aliphatic rings. The normalized spacial score (nSPS) is 23.2. The molecule has 0 amide bonds. The Hall–Kier alpha value is -0.900. The molecule has 4 nitrogen and oxygen atoms in total. The van der Waals surface area contributed by atoms with Crippen molar-refractivity contribution in [2.24, 2.45) is 5.73 Å². The van der Waals surface area contributed by atoms with E-state index >= 15 is 0 Å². The predicted molar refractivity (Wildman–Crippen MR) is 41.1 cm³/mol. The van der Waals surface area contributed by atoms with Crippen molar-refractivity contribution in [3.8, 4) is 0 Å². The topological polar surface area (TPSA) is 67.6 Å². The van der Waals surface area contributed by atoms with Crippen molar-refractivity contribution in [2.75, 3.05) is 6.54 Å². The van der Waals surface area contributed by atoms with Gasteiger partial charge in [-0.05, 0) is 19.3 Å². The van der Waals surface area contributed by atoms with Crippen molar-refractivity contribution >= 4 is 0 Å². The number of aryl methyl sites for hydroxylation is 1. The zero-order chi connectivity index (χ0) is 7.68. The molecule has 60 valence electrons. The molecule has 4 heteroatoms. The van der Waals surface area contributed by atoms with Crippen molar-refractivity contribution in [3.05, 3.63) is 11.4 Å². The number of hydrogen-bond donors (Lipinski definition) is 2. The van der Waals surface area contributed by atoms with Gasteiger partial charge in [-0.3, -0.25) is 0 Å². The van der Waals surface area contributed by atoms with Gasteiger partial charge in [-0.1, -0.05) is 0 Å². The summed E-state index contributed by atoms with van der Waals surface area (Å²) in [7, 11) is 0. The summed E-state index contributed by atoms with van der Waals surface area (Å²) >= 11 is 0. The van der Waals surface area contributed by atoms with Crippen molar-refractivity contribution in [2.45, 2.75) is 25.2 Å². The summed E-state index contributed by atoms with van der Waals surface area (Å²) in [5.41, 5.74) is 7.81. The summed E-state index contributed by atoms with van der Waals surface area (Å²) in [5, 5.41) is 10.8. The Kier molecular flexibility index (Phi) is 1.62. The van der Waals surface area contributed by atoms with Gasteiger partial charge in [-0.2, -0.15) is 15.4 Å². The number of hydrogen-bond acceptors (Lipinski definition) is 3. The maximum atomic E-state index is 5.60. The third-order valence-electron chi connectivity index (χ3n) is 2.29. The van der Waals surface area contributed by atoms with Crippen molar-refractivity contribution in [3.63, 3.8) is 0 Å². The summed E-state index contributed by atoms with van der Waals surface area (Å²) < 4.78 is 0. The van der Waals surface area contributed by atoms with Gasteiger partial charge < -0.3 is 5.73 Å². The Morgan fingerprint density at radius 1 is 1.55 bits per heavy atom. The monoisotopic (exact) mass is 152 g/mol. The molecule has 0 saturated carbocycles. The van der Waals surface area contributed by atoms with Crippen LogP contribution in [0.15, 0.2) is 0 Å². The Labute approximate surface area is 65.2 Å². The third kappa shape index (κ3) is 1.03. The quantitative estimate of drug-likeness (QED) is 0.603. The maximum Gasteiger partial charge on any atom is 0.0900 e. The third-order valence-corrected chi connectivity index (χ3v) is 2.29. The second kappa shape index (κ2) is 2.62. The van der Waals surface area contributed by atoms with Gasteiger partial charge in [0.2, 0.25) is 0 Å². The van der Waals surface area contributed by atoms with Gasteiger partial charge >= 0.3 is 0 Å². The lowest BCUT2D eigenvalue weighted by molar-refractivity contribution is 0.546. The Balaban J connectivity index is 2.32. The molecule has 1 heterocycles. The highest BCUT2D eigenvalue weighted by Crippen LogP contribution is 2.26. The molecule has 1 aromatic heterocycles. The first-order valence-electron chi connectivity index (χ1n) is 4.01. The number of rotatable bonds is 1. The minimum Gasteiger partial charge on any atom is -0.330 e. The number of H-pyrrole nitrogens is 1. The summed E-state index contributed by atoms with van der Waals surface area (Å²) in [6.07, 6.45) is 3.42. The van der Waals surface area contributed by atoms with E-state index in [2.05, 4.69) is 15.4 Å². The number of aromatic nitrogens is 3. The minimum atomic E-state index is 0.442. The summed E-state index contributed by atoms with van der Waals surface area (Å²) in [5.74, 6) is 0.442. The lowest BCUT2D eigenvalue weighted by Gasteiger charge is -2.17. The maximum absolute atomic E-state index is 5.60. The van der Waals surface area contributed by atoms with E-state index in [1.165, 1.54) is 6.42 Å². The van der Waals surface area contributed by atoms with Gasteiger partial charge in [0, 0.05) is 12.5 Å². The number of nitrogens with zero attached hydrogens (tertiary/aromatic N) is 2. The summed E-state index contributed by atoms with van der Waals surface area (Å²) in [6, 6.07) is 0. The minimum absolute atomic E-state index is 0.442. The zero-order valence-electron chi connectivity index (χ0n) is 6.38. The van der Waals surface area contributed by atoms with Gasteiger partial charge in [-0.15, -0.1) is 0 Å². The van der Waals surface area contributed by atoms with E-state index in [0.29, 0.717) is 12.5 Å². The number of fused-ring (bicyclic) bond motifs is 1. The van der Waals surface area contributed by atoms with Crippen molar-refractivity contribution in [1.82, 2.24) is 15.4 Å². The molecule has 3 N–H and O–H groups in total. The molecule has 0 aromatic carbocycles. The Morgan fingerprint density at radius 2 is 2.45 bits per heavy atom. The van der Waals surface area contributed by atoms with Crippen LogP contribution >= 0.6 is 0 Å². The first-order chi connectivity index (χ1) is 5.42. The molecule has 2 rings (SSSR count). The molecule has 1 aromatic rings. The standard InChI is InChI=1S/C7H12N4/c8-4-5-2-1-3-6-7(5)10-11-9-6/h5H,1-4,8H2,(H,9,10,11). The van der Waals surface area contributed by atoms with E-state index in [1.807, 2.05) is 0 Å². The van der Waals surface area contributed by atoms with E-state index in [4.69, 9.17) is 5.73 Å². The number of nitrogens with one attached hydrogen (secondary N) is 1. The lowest BCUT2D eigenvalue weighted by Crippen LogP contribution is -2.18. The van der Waals surface area contributed by atoms with Gasteiger partial charge in [0.15, 0.2) is 0 Å². The van der Waals surface area contributed by atoms with Crippen LogP contribution in [0.4, 0.5) is 0 Å². The largest absolute Gasteiger partial charge is 0.330 e. The highest BCUT2D eigenvalue weighted by Gasteiger charge is 2.22. The molecule has 0 aliphatic heterocycles. The number of nitrogens with two attached hydrogens (primary N) is 1. The van der Waals surface area contributed by atoms with Crippen LogP contribution in [0.25, 0.3) is 0 Å². The van der Waals surface area contributed by atoms with Crippen molar-refractivity contribution in [1.29, 1.82) is 0 Å². The summed E-state index contributed by atoms with van der Waals surface area (Å²) in [6.45, 7) is 0.694. The van der Waals surface area contributed by atoms with Gasteiger partial charge in [0.05, 0.1) is 11.4 Å². The predicted octanol–water partition coefficient (Wildman–Crippen LogP) is 0.183. The van der Waals surface area contributed by atoms with E-state index < -0.39 is 0 Å². The molecule has 11 heavy (non-hydrogen) atoms. The molecule has 0 bridgehead atoms. The first kappa shape index (κ1) is 6.79. The number of aromatic amines is 1. The van der Waals surface area contributed by atoms with E-state index in [9.17, 15) is 0 Å². The van der Waals surface area contributed by atoms with E-state index in [1.54, 1.807) is 0 Å². The molecule has 0 fully saturated rings. The smallest absolute Gasteiger partial charge is 0.0900 e. The molecule has 1 aliphatic carbocycles. The molecule has 1 unspecified atom stereocenters. The first-order valence-corrected chi connectivity index (χ1v) is 4.01. The zero-order valence-corrected chi connectivity index (χ0v) is 6.38. The van der Waals surface area contributed by atoms with E-state index in [-0.39, 0.29) is 0 Å². The van der Waals surface area contributed by atoms with Gasteiger partial charge in [0.1, 0.15) is 0 Å². The van der Waals surface area contributed by atoms with Crippen LogP contribution in [-0.4, -0.2) is 22.0 Å². The highest BCUT2D eigenvalue weighted by molar-refractivity contribution is 5.17. The average molecular weight is 152 g/mol. The SMILES string of the molecule is NCC1CCCc2n[nH]nc21. The fraction of sp³-hybridized carbons (Fsp3) is 0.714. The van der Waals surface area contributed by atoms with Crippen LogP contribution in [0.1, 0.15) is 30.1 Å². The molecule has 0 radical (unpaired) electrons. The van der Waals surface area contributed by atoms with Gasteiger partial charge in [0.25, 0.3) is 0 Å². The van der Waals surface area contributed by atoms with Crippen LogP contribution in [0.2, 0.25) is 0 Å². The molecule has 0 saturated heterocycles. The second-order valence-electron chi connectivity index (χ2n) is 2.98. The van der Waals surface area contributed by atoms with Crippen LogP contribution in [0.5, 0.6) is 0 Å². The Bertz CT molecular complexity index is 242. The molecule has 1 atom stereocenters.